The Hall–Kier alpha value is -3.66. The highest BCUT2D eigenvalue weighted by Gasteiger charge is 2.45. The summed E-state index contributed by atoms with van der Waals surface area (Å²) < 4.78 is 5.82. The Kier molecular flexibility index (Phi) is 5.52. The van der Waals surface area contributed by atoms with E-state index in [1.807, 2.05) is 54.6 Å². The summed E-state index contributed by atoms with van der Waals surface area (Å²) in [5.41, 5.74) is 3.40. The third-order valence-corrected chi connectivity index (χ3v) is 5.35. The minimum Gasteiger partial charge on any atom is -0.462 e. The molecule has 0 saturated heterocycles. The molecule has 0 aliphatic heterocycles. The zero-order chi connectivity index (χ0) is 19.9. The van der Waals surface area contributed by atoms with Crippen LogP contribution in [0.15, 0.2) is 104 Å². The van der Waals surface area contributed by atoms with Crippen molar-refractivity contribution in [2.24, 2.45) is 0 Å². The fourth-order valence-electron chi connectivity index (χ4n) is 4.13. The van der Waals surface area contributed by atoms with Gasteiger partial charge in [0.25, 0.3) is 6.47 Å². The maximum absolute atomic E-state index is 11.6. The van der Waals surface area contributed by atoms with Crippen LogP contribution in [0.1, 0.15) is 22.4 Å². The predicted molar refractivity (Wildman–Crippen MR) is 112 cm³/mol. The minimum atomic E-state index is -0.685. The van der Waals surface area contributed by atoms with Gasteiger partial charge in [0.2, 0.25) is 0 Å². The molecule has 0 spiro atoms. The van der Waals surface area contributed by atoms with Crippen LogP contribution in [0.4, 0.5) is 0 Å². The van der Waals surface area contributed by atoms with Gasteiger partial charge in [-0.25, -0.2) is 4.98 Å². The molecule has 4 aromatic rings. The first-order valence-corrected chi connectivity index (χ1v) is 9.58. The van der Waals surface area contributed by atoms with Gasteiger partial charge in [-0.05, 0) is 16.7 Å². The van der Waals surface area contributed by atoms with Gasteiger partial charge in [0.1, 0.15) is 6.10 Å². The van der Waals surface area contributed by atoms with E-state index in [1.165, 1.54) is 0 Å². The molecule has 4 heteroatoms. The van der Waals surface area contributed by atoms with E-state index in [9.17, 15) is 4.79 Å². The molecule has 1 unspecified atom stereocenters. The first-order chi connectivity index (χ1) is 14.4. The van der Waals surface area contributed by atoms with Crippen molar-refractivity contribution in [3.05, 3.63) is 126 Å². The minimum absolute atomic E-state index is 0.479. The second-order valence-electron chi connectivity index (χ2n) is 6.91. The van der Waals surface area contributed by atoms with Crippen LogP contribution in [0, 0.1) is 0 Å². The molecule has 0 amide bonds. The molecule has 1 aromatic heterocycles. The molecule has 0 fully saturated rings. The number of rotatable bonds is 8. The van der Waals surface area contributed by atoms with E-state index in [0.717, 1.165) is 22.4 Å². The van der Waals surface area contributed by atoms with Gasteiger partial charge in [-0.3, -0.25) is 4.79 Å². The van der Waals surface area contributed by atoms with Gasteiger partial charge >= 0.3 is 0 Å². The molecule has 0 saturated carbocycles. The quantitative estimate of drug-likeness (QED) is 0.360. The van der Waals surface area contributed by atoms with Crippen molar-refractivity contribution in [2.75, 3.05) is 0 Å². The molecular weight excluding hydrogens is 360 g/mol. The van der Waals surface area contributed by atoms with Crippen molar-refractivity contribution in [1.82, 2.24) is 9.97 Å². The normalized spacial score (nSPS) is 12.3. The largest absolute Gasteiger partial charge is 0.462 e. The molecule has 144 valence electrons. The average molecular weight is 382 g/mol. The number of hydrogen-bond donors (Lipinski definition) is 1. The van der Waals surface area contributed by atoms with E-state index in [1.54, 1.807) is 12.5 Å². The molecular formula is C25H22N2O2. The predicted octanol–water partition coefficient (Wildman–Crippen LogP) is 4.53. The lowest BCUT2D eigenvalue weighted by Gasteiger charge is -2.41. The molecule has 4 nitrogen and oxygen atoms in total. The molecule has 1 N–H and O–H groups in total. The lowest BCUT2D eigenvalue weighted by Crippen LogP contribution is -2.45. The van der Waals surface area contributed by atoms with Crippen molar-refractivity contribution in [3.63, 3.8) is 0 Å². The number of imidazole rings is 1. The molecule has 29 heavy (non-hydrogen) atoms. The summed E-state index contributed by atoms with van der Waals surface area (Å²) in [4.78, 5) is 18.9. The molecule has 0 aliphatic rings. The molecule has 4 rings (SSSR count). The number of aromatic nitrogens is 2. The Balaban J connectivity index is 2.02. The lowest BCUT2D eigenvalue weighted by atomic mass is 9.64. The maximum Gasteiger partial charge on any atom is 0.293 e. The van der Waals surface area contributed by atoms with Gasteiger partial charge < -0.3 is 9.72 Å². The molecule has 1 heterocycles. The SMILES string of the molecule is O=COC(Cc1cnc[nH]1)C(c1ccccc1)(c1ccccc1)c1ccccc1. The van der Waals surface area contributed by atoms with Gasteiger partial charge in [-0.1, -0.05) is 91.0 Å². The Labute approximate surface area is 170 Å². The van der Waals surface area contributed by atoms with Crippen molar-refractivity contribution in [1.29, 1.82) is 0 Å². The third-order valence-electron chi connectivity index (χ3n) is 5.35. The number of ether oxygens (including phenoxy) is 1. The number of nitrogens with zero attached hydrogens (tertiary/aromatic N) is 1. The summed E-state index contributed by atoms with van der Waals surface area (Å²) in [5, 5.41) is 0. The molecule has 3 aromatic carbocycles. The molecule has 1 atom stereocenters. The monoisotopic (exact) mass is 382 g/mol. The van der Waals surface area contributed by atoms with Crippen molar-refractivity contribution >= 4 is 6.47 Å². The zero-order valence-corrected chi connectivity index (χ0v) is 15.9. The topological polar surface area (TPSA) is 55.0 Å². The van der Waals surface area contributed by atoms with Crippen molar-refractivity contribution < 1.29 is 9.53 Å². The number of nitrogens with one attached hydrogen (secondary N) is 1. The van der Waals surface area contributed by atoms with Crippen LogP contribution in [0.3, 0.4) is 0 Å². The summed E-state index contributed by atoms with van der Waals surface area (Å²) in [7, 11) is 0. The van der Waals surface area contributed by atoms with Crippen LogP contribution in [0.5, 0.6) is 0 Å². The van der Waals surface area contributed by atoms with E-state index in [0.29, 0.717) is 12.9 Å². The highest BCUT2D eigenvalue weighted by Crippen LogP contribution is 2.44. The van der Waals surface area contributed by atoms with Gasteiger partial charge in [0.15, 0.2) is 0 Å². The summed E-state index contributed by atoms with van der Waals surface area (Å²) in [5.74, 6) is 0. The van der Waals surface area contributed by atoms with Gasteiger partial charge in [0.05, 0.1) is 11.7 Å². The van der Waals surface area contributed by atoms with Crippen LogP contribution >= 0.6 is 0 Å². The van der Waals surface area contributed by atoms with Crippen LogP contribution < -0.4 is 0 Å². The van der Waals surface area contributed by atoms with Crippen LogP contribution in [0.25, 0.3) is 0 Å². The molecule has 0 bridgehead atoms. The van der Waals surface area contributed by atoms with E-state index in [-0.39, 0.29) is 0 Å². The van der Waals surface area contributed by atoms with Crippen LogP contribution in [0.2, 0.25) is 0 Å². The number of hydrogen-bond acceptors (Lipinski definition) is 3. The Morgan fingerprint density at radius 3 is 1.69 bits per heavy atom. The van der Waals surface area contributed by atoms with E-state index < -0.39 is 11.5 Å². The third kappa shape index (κ3) is 3.57. The fraction of sp³-hybridized carbons (Fsp3) is 0.120. The van der Waals surface area contributed by atoms with Crippen LogP contribution in [-0.4, -0.2) is 22.5 Å². The Morgan fingerprint density at radius 1 is 0.828 bits per heavy atom. The highest BCUT2D eigenvalue weighted by molar-refractivity contribution is 5.53. The zero-order valence-electron chi connectivity index (χ0n) is 15.9. The number of benzene rings is 3. The summed E-state index contributed by atoms with van der Waals surface area (Å²) in [6, 6.07) is 30.6. The summed E-state index contributed by atoms with van der Waals surface area (Å²) >= 11 is 0. The number of aromatic amines is 1. The second kappa shape index (κ2) is 8.57. The average Bonchev–Trinajstić information content (AvgIpc) is 3.30. The Bertz CT molecular complexity index is 920. The lowest BCUT2D eigenvalue weighted by molar-refractivity contribution is -0.135. The van der Waals surface area contributed by atoms with Gasteiger partial charge in [-0.2, -0.15) is 0 Å². The first kappa shape index (κ1) is 18.7. The Morgan fingerprint density at radius 2 is 1.31 bits per heavy atom. The van der Waals surface area contributed by atoms with Gasteiger partial charge in [0, 0.05) is 18.3 Å². The van der Waals surface area contributed by atoms with Crippen LogP contribution in [-0.2, 0) is 21.4 Å². The fourth-order valence-corrected chi connectivity index (χ4v) is 4.13. The molecule has 0 radical (unpaired) electrons. The summed E-state index contributed by atoms with van der Waals surface area (Å²) in [6.45, 7) is 0.546. The van der Waals surface area contributed by atoms with E-state index in [4.69, 9.17) is 4.74 Å². The van der Waals surface area contributed by atoms with Gasteiger partial charge in [-0.15, -0.1) is 0 Å². The first-order valence-electron chi connectivity index (χ1n) is 9.58. The highest BCUT2D eigenvalue weighted by atomic mass is 16.5. The second-order valence-corrected chi connectivity index (χ2v) is 6.91. The molecule has 0 aliphatic carbocycles. The standard InChI is InChI=1S/C25H22N2O2/c28-19-29-24(16-23-17-26-18-27-23)25(20-10-4-1-5-11-20,21-12-6-2-7-13-21)22-14-8-3-9-15-22/h1-15,17-19,24H,16H2,(H,26,27). The van der Waals surface area contributed by atoms with Crippen molar-refractivity contribution in [2.45, 2.75) is 17.9 Å². The van der Waals surface area contributed by atoms with E-state index >= 15 is 0 Å². The smallest absolute Gasteiger partial charge is 0.293 e. The number of carbonyl (C=O) groups is 1. The maximum atomic E-state index is 11.6. The summed E-state index contributed by atoms with van der Waals surface area (Å²) in [6.07, 6.45) is 3.43. The number of H-pyrrole nitrogens is 1. The van der Waals surface area contributed by atoms with E-state index in [2.05, 4.69) is 46.4 Å². The number of carbonyl (C=O) groups excluding carboxylic acids is 1. The van der Waals surface area contributed by atoms with Crippen molar-refractivity contribution in [3.8, 4) is 0 Å².